The van der Waals surface area contributed by atoms with Crippen molar-refractivity contribution in [1.82, 2.24) is 10.3 Å². The van der Waals surface area contributed by atoms with E-state index in [0.29, 0.717) is 0 Å². The van der Waals surface area contributed by atoms with Gasteiger partial charge in [0.25, 0.3) is 5.91 Å². The van der Waals surface area contributed by atoms with Gasteiger partial charge >= 0.3 is 12.1 Å². The first-order valence-electron chi connectivity index (χ1n) is 11.6. The van der Waals surface area contributed by atoms with Crippen molar-refractivity contribution in [1.29, 1.82) is 0 Å². The van der Waals surface area contributed by atoms with E-state index >= 15 is 0 Å². The van der Waals surface area contributed by atoms with Gasteiger partial charge in [0.2, 0.25) is 0 Å². The molecule has 2 aliphatic rings. The number of carboxylic acid groups (broad SMARTS) is 1. The normalized spacial score (nSPS) is 15.4. The van der Waals surface area contributed by atoms with E-state index < -0.39 is 24.0 Å². The van der Waals surface area contributed by atoms with Crippen molar-refractivity contribution in [2.45, 2.75) is 37.6 Å². The number of aliphatic carboxylic acids is 1. The quantitative estimate of drug-likeness (QED) is 0.414. The third kappa shape index (κ3) is 4.90. The fourth-order valence-corrected chi connectivity index (χ4v) is 5.44. The average molecular weight is 492 g/mol. The molecule has 0 spiro atoms. The molecule has 1 saturated carbocycles. The second-order valence-corrected chi connectivity index (χ2v) is 9.72. The molecule has 1 atom stereocenters. The number of nitrogens with one attached hydrogen (secondary N) is 2. The molecular weight excluding hydrogens is 466 g/mol. The summed E-state index contributed by atoms with van der Waals surface area (Å²) in [7, 11) is 0. The van der Waals surface area contributed by atoms with Crippen molar-refractivity contribution in [3.63, 3.8) is 0 Å². The summed E-state index contributed by atoms with van der Waals surface area (Å²) in [5, 5.41) is 16.3. The Morgan fingerprint density at radius 3 is 2.31 bits per heavy atom. The molecule has 1 aromatic heterocycles. The Bertz CT molecular complexity index is 1220. The second kappa shape index (κ2) is 9.87. The van der Waals surface area contributed by atoms with Crippen LogP contribution >= 0.6 is 11.3 Å². The van der Waals surface area contributed by atoms with Crippen LogP contribution in [-0.4, -0.2) is 40.7 Å². The SMILES string of the molecule is O=C(O)CC(NC(=O)c1csc(NC(=O)OCC2c3ccccc3-c3ccccc32)n1)C1CCC1. The highest BCUT2D eigenvalue weighted by atomic mass is 32.1. The first-order chi connectivity index (χ1) is 17.0. The molecule has 1 unspecified atom stereocenters. The van der Waals surface area contributed by atoms with Gasteiger partial charge in [-0.1, -0.05) is 55.0 Å². The van der Waals surface area contributed by atoms with Gasteiger partial charge in [-0.3, -0.25) is 14.9 Å². The molecule has 0 bridgehead atoms. The van der Waals surface area contributed by atoms with Gasteiger partial charge in [0, 0.05) is 17.3 Å². The number of anilines is 1. The monoisotopic (exact) mass is 491 g/mol. The fourth-order valence-electron chi connectivity index (χ4n) is 4.77. The lowest BCUT2D eigenvalue weighted by Crippen LogP contribution is -2.44. The maximum atomic E-state index is 12.6. The highest BCUT2D eigenvalue weighted by Gasteiger charge is 2.31. The van der Waals surface area contributed by atoms with Gasteiger partial charge < -0.3 is 15.2 Å². The van der Waals surface area contributed by atoms with Crippen molar-refractivity contribution < 1.29 is 24.2 Å². The number of fused-ring (bicyclic) bond motifs is 3. The van der Waals surface area contributed by atoms with E-state index in [1.165, 1.54) is 5.38 Å². The maximum absolute atomic E-state index is 12.6. The number of hydrogen-bond donors (Lipinski definition) is 3. The van der Waals surface area contributed by atoms with Crippen LogP contribution in [0.15, 0.2) is 53.9 Å². The number of carbonyl (C=O) groups is 3. The van der Waals surface area contributed by atoms with Crippen LogP contribution in [0.25, 0.3) is 11.1 Å². The predicted molar refractivity (Wildman–Crippen MR) is 132 cm³/mol. The Morgan fingerprint density at radius 1 is 1.06 bits per heavy atom. The van der Waals surface area contributed by atoms with Crippen LogP contribution in [0.4, 0.5) is 9.93 Å². The standard InChI is InChI=1S/C26H25N3O5S/c30-23(31)12-21(15-6-5-7-15)27-24(32)22-14-35-25(28-22)29-26(33)34-13-20-18-10-3-1-8-16(18)17-9-2-4-11-19(17)20/h1-4,8-11,14-15,20-21H,5-7,12-13H2,(H,27,32)(H,30,31)(H,28,29,33). The Labute approximate surface area is 206 Å². The summed E-state index contributed by atoms with van der Waals surface area (Å²) in [5.74, 6) is -1.27. The van der Waals surface area contributed by atoms with Gasteiger partial charge in [0.1, 0.15) is 12.3 Å². The molecule has 0 saturated heterocycles. The topological polar surface area (TPSA) is 118 Å². The van der Waals surface area contributed by atoms with Crippen LogP contribution in [0.1, 0.15) is 53.2 Å². The van der Waals surface area contributed by atoms with Gasteiger partial charge in [0.15, 0.2) is 5.13 Å². The van der Waals surface area contributed by atoms with Crippen molar-refractivity contribution in [3.8, 4) is 11.1 Å². The van der Waals surface area contributed by atoms with Crippen molar-refractivity contribution in [2.24, 2.45) is 5.92 Å². The van der Waals surface area contributed by atoms with Crippen LogP contribution in [-0.2, 0) is 9.53 Å². The number of ether oxygens (including phenoxy) is 1. The molecule has 2 amide bonds. The lowest BCUT2D eigenvalue weighted by atomic mass is 9.78. The van der Waals surface area contributed by atoms with E-state index in [-0.39, 0.29) is 35.7 Å². The molecule has 3 N–H and O–H groups in total. The summed E-state index contributed by atoms with van der Waals surface area (Å²) >= 11 is 1.11. The summed E-state index contributed by atoms with van der Waals surface area (Å²) in [4.78, 5) is 40.4. The molecule has 2 aliphatic carbocycles. The third-order valence-electron chi connectivity index (χ3n) is 6.72. The number of amides is 2. The van der Waals surface area contributed by atoms with Crippen LogP contribution in [0.3, 0.4) is 0 Å². The molecule has 0 radical (unpaired) electrons. The molecule has 1 fully saturated rings. The largest absolute Gasteiger partial charge is 0.481 e. The van der Waals surface area contributed by atoms with Gasteiger partial charge in [-0.2, -0.15) is 0 Å². The molecule has 180 valence electrons. The second-order valence-electron chi connectivity index (χ2n) is 8.86. The van der Waals surface area contributed by atoms with E-state index in [2.05, 4.69) is 27.8 Å². The third-order valence-corrected chi connectivity index (χ3v) is 7.48. The van der Waals surface area contributed by atoms with E-state index in [4.69, 9.17) is 9.84 Å². The smallest absolute Gasteiger partial charge is 0.413 e. The van der Waals surface area contributed by atoms with Gasteiger partial charge in [-0.25, -0.2) is 9.78 Å². The number of aromatic nitrogens is 1. The molecule has 2 aromatic carbocycles. The number of benzene rings is 2. The Kier molecular flexibility index (Phi) is 6.50. The van der Waals surface area contributed by atoms with E-state index in [1.807, 2.05) is 36.4 Å². The Balaban J connectivity index is 1.18. The van der Waals surface area contributed by atoms with Crippen molar-refractivity contribution in [2.75, 3.05) is 11.9 Å². The highest BCUT2D eigenvalue weighted by molar-refractivity contribution is 7.14. The summed E-state index contributed by atoms with van der Waals surface area (Å²) in [5.41, 5.74) is 4.68. The van der Waals surface area contributed by atoms with Gasteiger partial charge in [-0.05, 0) is 41.0 Å². The number of rotatable bonds is 8. The van der Waals surface area contributed by atoms with Crippen LogP contribution < -0.4 is 10.6 Å². The van der Waals surface area contributed by atoms with Gasteiger partial charge in [-0.15, -0.1) is 11.3 Å². The van der Waals surface area contributed by atoms with E-state index in [9.17, 15) is 14.4 Å². The van der Waals surface area contributed by atoms with Gasteiger partial charge in [0.05, 0.1) is 6.42 Å². The zero-order valence-corrected chi connectivity index (χ0v) is 19.7. The predicted octanol–water partition coefficient (Wildman–Crippen LogP) is 4.88. The number of nitrogens with zero attached hydrogens (tertiary/aromatic N) is 1. The Morgan fingerprint density at radius 2 is 1.71 bits per heavy atom. The summed E-state index contributed by atoms with van der Waals surface area (Å²) in [6.45, 7) is 0.177. The first kappa shape index (κ1) is 23.0. The number of thiazole rings is 1. The number of carbonyl (C=O) groups excluding carboxylic acids is 2. The molecule has 3 aromatic rings. The van der Waals surface area contributed by atoms with Crippen LogP contribution in [0.2, 0.25) is 0 Å². The minimum atomic E-state index is -0.946. The van der Waals surface area contributed by atoms with Crippen LogP contribution in [0.5, 0.6) is 0 Å². The van der Waals surface area contributed by atoms with E-state index in [0.717, 1.165) is 52.9 Å². The molecule has 5 rings (SSSR count). The minimum Gasteiger partial charge on any atom is -0.481 e. The lowest BCUT2D eigenvalue weighted by molar-refractivity contribution is -0.138. The first-order valence-corrected chi connectivity index (χ1v) is 12.5. The molecule has 1 heterocycles. The average Bonchev–Trinajstić information content (AvgIpc) is 3.39. The maximum Gasteiger partial charge on any atom is 0.413 e. The summed E-state index contributed by atoms with van der Waals surface area (Å²) < 4.78 is 5.53. The Hall–Kier alpha value is -3.72. The highest BCUT2D eigenvalue weighted by Crippen LogP contribution is 2.44. The van der Waals surface area contributed by atoms with Crippen molar-refractivity contribution in [3.05, 3.63) is 70.7 Å². The molecule has 35 heavy (non-hydrogen) atoms. The lowest BCUT2D eigenvalue weighted by Gasteiger charge is -2.33. The zero-order valence-electron chi connectivity index (χ0n) is 18.9. The van der Waals surface area contributed by atoms with Crippen molar-refractivity contribution >= 4 is 34.4 Å². The summed E-state index contributed by atoms with van der Waals surface area (Å²) in [6, 6.07) is 15.8. The summed E-state index contributed by atoms with van der Waals surface area (Å²) in [6.07, 6.45) is 2.09. The van der Waals surface area contributed by atoms with E-state index in [1.54, 1.807) is 0 Å². The number of carboxylic acids is 1. The molecular formula is C26H25N3O5S. The van der Waals surface area contributed by atoms with Crippen LogP contribution in [0, 0.1) is 5.92 Å². The number of hydrogen-bond acceptors (Lipinski definition) is 6. The molecule has 8 nitrogen and oxygen atoms in total. The fraction of sp³-hybridized carbons (Fsp3) is 0.308. The molecule has 9 heteroatoms. The zero-order chi connectivity index (χ0) is 24.4. The molecule has 0 aliphatic heterocycles. The minimum absolute atomic E-state index is 0.0524.